The van der Waals surface area contributed by atoms with Crippen molar-refractivity contribution in [1.82, 2.24) is 19.7 Å². The molecule has 27 heavy (non-hydrogen) atoms. The summed E-state index contributed by atoms with van der Waals surface area (Å²) in [5.41, 5.74) is -0.374. The predicted molar refractivity (Wildman–Crippen MR) is 96.7 cm³/mol. The zero-order valence-electron chi connectivity index (χ0n) is 14.1. The predicted octanol–water partition coefficient (Wildman–Crippen LogP) is 4.15. The molecule has 2 aromatic heterocycles. The summed E-state index contributed by atoms with van der Waals surface area (Å²) in [5, 5.41) is 6.77. The van der Waals surface area contributed by atoms with Crippen LogP contribution in [0.4, 0.5) is 18.9 Å². The van der Waals surface area contributed by atoms with Crippen molar-refractivity contribution >= 4 is 46.0 Å². The Labute approximate surface area is 161 Å². The lowest BCUT2D eigenvalue weighted by Crippen LogP contribution is -2.23. The highest BCUT2D eigenvalue weighted by Crippen LogP contribution is 2.36. The molecule has 0 saturated heterocycles. The van der Waals surface area contributed by atoms with Gasteiger partial charge in [-0.05, 0) is 25.1 Å². The van der Waals surface area contributed by atoms with E-state index in [0.29, 0.717) is 16.1 Å². The minimum Gasteiger partial charge on any atom is -0.325 e. The number of benzene rings is 1. The molecule has 0 saturated carbocycles. The normalized spacial score (nSPS) is 13.0. The summed E-state index contributed by atoms with van der Waals surface area (Å²) in [5.74, 6) is -0.467. The molecule has 1 N–H and O–H groups in total. The molecule has 2 heterocycles. The number of aryl methyl sites for hydroxylation is 1. The molecule has 0 spiro atoms. The average Bonchev–Trinajstić information content (AvgIpc) is 2.98. The van der Waals surface area contributed by atoms with E-state index in [0.717, 1.165) is 23.9 Å². The lowest BCUT2D eigenvalue weighted by Gasteiger charge is -2.14. The molecule has 6 nitrogen and oxygen atoms in total. The highest BCUT2D eigenvalue weighted by Gasteiger charge is 2.33. The van der Waals surface area contributed by atoms with Gasteiger partial charge in [-0.2, -0.15) is 18.3 Å². The fraction of sp³-hybridized carbons (Fsp3) is 0.250. The van der Waals surface area contributed by atoms with E-state index in [4.69, 9.17) is 11.6 Å². The van der Waals surface area contributed by atoms with Gasteiger partial charge in [-0.1, -0.05) is 23.4 Å². The summed E-state index contributed by atoms with van der Waals surface area (Å²) in [7, 11) is 1.73. The molecule has 0 radical (unpaired) electrons. The van der Waals surface area contributed by atoms with Gasteiger partial charge < -0.3 is 5.32 Å². The van der Waals surface area contributed by atoms with Crippen molar-refractivity contribution in [2.24, 2.45) is 7.05 Å². The maximum Gasteiger partial charge on any atom is 0.417 e. The number of hydrogen-bond donors (Lipinski definition) is 1. The number of rotatable bonds is 4. The first-order chi connectivity index (χ1) is 12.7. The number of nitrogens with one attached hydrogen (secondary N) is 1. The zero-order chi connectivity index (χ0) is 19.8. The van der Waals surface area contributed by atoms with Crippen molar-refractivity contribution in [3.63, 3.8) is 0 Å². The Kier molecular flexibility index (Phi) is 5.29. The van der Waals surface area contributed by atoms with Crippen molar-refractivity contribution in [3.05, 3.63) is 41.3 Å². The fourth-order valence-corrected chi connectivity index (χ4v) is 3.42. The molecular formula is C16H13ClF3N5OS. The first kappa shape index (κ1) is 19.4. The first-order valence-electron chi connectivity index (χ1n) is 7.64. The summed E-state index contributed by atoms with van der Waals surface area (Å²) in [6.07, 6.45) is -1.64. The molecule has 142 valence electrons. The van der Waals surface area contributed by atoms with Crippen LogP contribution < -0.4 is 5.32 Å². The largest absolute Gasteiger partial charge is 0.417 e. The number of aromatic nitrogens is 4. The zero-order valence-corrected chi connectivity index (χ0v) is 15.7. The van der Waals surface area contributed by atoms with Gasteiger partial charge in [0, 0.05) is 12.7 Å². The summed E-state index contributed by atoms with van der Waals surface area (Å²) in [4.78, 5) is 20.7. The maximum atomic E-state index is 12.9. The Hall–Kier alpha value is -2.33. The average molecular weight is 416 g/mol. The van der Waals surface area contributed by atoms with E-state index < -0.39 is 27.9 Å². The van der Waals surface area contributed by atoms with E-state index >= 15 is 0 Å². The minimum absolute atomic E-state index is 0.0124. The van der Waals surface area contributed by atoms with Crippen LogP contribution in [-0.2, 0) is 18.0 Å². The maximum absolute atomic E-state index is 12.9. The van der Waals surface area contributed by atoms with Crippen LogP contribution in [0.5, 0.6) is 0 Å². The molecule has 11 heteroatoms. The van der Waals surface area contributed by atoms with Crippen molar-refractivity contribution < 1.29 is 18.0 Å². The summed E-state index contributed by atoms with van der Waals surface area (Å²) in [6, 6.07) is 3.22. The lowest BCUT2D eigenvalue weighted by molar-refractivity contribution is -0.137. The lowest BCUT2D eigenvalue weighted by atomic mass is 10.2. The molecule has 1 amide bonds. The van der Waals surface area contributed by atoms with E-state index in [1.54, 1.807) is 24.9 Å². The fourth-order valence-electron chi connectivity index (χ4n) is 2.32. The van der Waals surface area contributed by atoms with Crippen LogP contribution in [0.25, 0.3) is 11.0 Å². The van der Waals surface area contributed by atoms with Gasteiger partial charge >= 0.3 is 6.18 Å². The van der Waals surface area contributed by atoms with E-state index in [1.807, 2.05) is 0 Å². The number of carbonyl (C=O) groups is 1. The highest BCUT2D eigenvalue weighted by molar-refractivity contribution is 8.00. The Morgan fingerprint density at radius 3 is 2.78 bits per heavy atom. The van der Waals surface area contributed by atoms with Crippen molar-refractivity contribution in [3.8, 4) is 0 Å². The van der Waals surface area contributed by atoms with Gasteiger partial charge in [-0.3, -0.25) is 9.48 Å². The molecular weight excluding hydrogens is 403 g/mol. The molecule has 3 aromatic rings. The van der Waals surface area contributed by atoms with Crippen molar-refractivity contribution in [2.45, 2.75) is 23.4 Å². The van der Waals surface area contributed by atoms with Crippen molar-refractivity contribution in [1.29, 1.82) is 0 Å². The highest BCUT2D eigenvalue weighted by atomic mass is 35.5. The van der Waals surface area contributed by atoms with E-state index in [1.165, 1.54) is 12.4 Å². The number of hydrogen-bond acceptors (Lipinski definition) is 5. The van der Waals surface area contributed by atoms with Crippen molar-refractivity contribution in [2.75, 3.05) is 5.32 Å². The second-order valence-electron chi connectivity index (χ2n) is 5.63. The number of nitrogens with zero attached hydrogens (tertiary/aromatic N) is 4. The number of anilines is 1. The SMILES string of the molecule is C[C@@H](Sc1ncnc2c1cnn2C)C(=O)Nc1ccc(Cl)c(C(F)(F)F)c1. The smallest absolute Gasteiger partial charge is 0.325 e. The van der Waals surface area contributed by atoms with Crippen LogP contribution in [-0.4, -0.2) is 30.9 Å². The molecule has 0 aliphatic heterocycles. The van der Waals surface area contributed by atoms with Gasteiger partial charge in [-0.25, -0.2) is 9.97 Å². The first-order valence-corrected chi connectivity index (χ1v) is 8.89. The number of carbonyl (C=O) groups excluding carboxylic acids is 1. The summed E-state index contributed by atoms with van der Waals surface area (Å²) < 4.78 is 40.4. The number of halogens is 4. The van der Waals surface area contributed by atoms with Gasteiger partial charge in [0.15, 0.2) is 5.65 Å². The van der Waals surface area contributed by atoms with E-state index in [-0.39, 0.29) is 5.69 Å². The Morgan fingerprint density at radius 1 is 1.33 bits per heavy atom. The van der Waals surface area contributed by atoms with Gasteiger partial charge in [0.2, 0.25) is 5.91 Å². The Bertz CT molecular complexity index is 1010. The van der Waals surface area contributed by atoms with Gasteiger partial charge in [0.1, 0.15) is 11.4 Å². The molecule has 0 aliphatic carbocycles. The summed E-state index contributed by atoms with van der Waals surface area (Å²) >= 11 is 6.75. The third kappa shape index (κ3) is 4.16. The molecule has 0 unspecified atom stereocenters. The standard InChI is InChI=1S/C16H13ClF3N5OS/c1-8(27-15-10-6-23-25(2)13(10)21-7-22-15)14(26)24-9-3-4-12(17)11(5-9)16(18,19)20/h3-8H,1-2H3,(H,24,26)/t8-/m1/s1. The van der Waals surface area contributed by atoms with Gasteiger partial charge in [-0.15, -0.1) is 0 Å². The quantitative estimate of drug-likeness (QED) is 0.512. The molecule has 0 aliphatic rings. The van der Waals surface area contributed by atoms with Crippen LogP contribution >= 0.6 is 23.4 Å². The number of alkyl halides is 3. The summed E-state index contributed by atoms with van der Waals surface area (Å²) in [6.45, 7) is 1.63. The number of thioether (sulfide) groups is 1. The van der Waals surface area contributed by atoms with Crippen LogP contribution in [0.3, 0.4) is 0 Å². The minimum atomic E-state index is -4.61. The van der Waals surface area contributed by atoms with Gasteiger partial charge in [0.05, 0.1) is 27.4 Å². The van der Waals surface area contributed by atoms with Crippen LogP contribution in [0.1, 0.15) is 12.5 Å². The second-order valence-corrected chi connectivity index (χ2v) is 7.36. The molecule has 0 bridgehead atoms. The van der Waals surface area contributed by atoms with Crippen LogP contribution in [0.15, 0.2) is 35.7 Å². The molecule has 3 rings (SSSR count). The monoisotopic (exact) mass is 415 g/mol. The van der Waals surface area contributed by atoms with E-state index in [9.17, 15) is 18.0 Å². The van der Waals surface area contributed by atoms with Crippen LogP contribution in [0, 0.1) is 0 Å². The van der Waals surface area contributed by atoms with E-state index in [2.05, 4.69) is 20.4 Å². The third-order valence-electron chi connectivity index (χ3n) is 3.69. The molecule has 1 aromatic carbocycles. The topological polar surface area (TPSA) is 72.7 Å². The number of amides is 1. The Morgan fingerprint density at radius 2 is 2.07 bits per heavy atom. The Balaban J connectivity index is 1.76. The van der Waals surface area contributed by atoms with Gasteiger partial charge in [0.25, 0.3) is 0 Å². The second kappa shape index (κ2) is 7.35. The number of fused-ring (bicyclic) bond motifs is 1. The molecule has 0 fully saturated rings. The molecule has 1 atom stereocenters. The third-order valence-corrected chi connectivity index (χ3v) is 5.14. The van der Waals surface area contributed by atoms with Crippen LogP contribution in [0.2, 0.25) is 5.02 Å².